The summed E-state index contributed by atoms with van der Waals surface area (Å²) in [6.45, 7) is 4.24. The molecule has 0 radical (unpaired) electrons. The SMILES string of the molecule is Cc1cccc(NC(=O)C2=CN3CCS(=O)(=O)N=C3C=C2)c1C. The topological polar surface area (TPSA) is 78.8 Å². The number of rotatable bonds is 2. The Morgan fingerprint density at radius 2 is 2.04 bits per heavy atom. The molecule has 2 heterocycles. The number of benzene rings is 1. The predicted octanol–water partition coefficient (Wildman–Crippen LogP) is 1.74. The number of amides is 1. The fraction of sp³-hybridized carbons (Fsp3) is 0.250. The molecule has 0 aromatic heterocycles. The standard InChI is InChI=1S/C16H17N3O3S/c1-11-4-3-5-14(12(11)2)17-16(20)13-6-7-15-18-23(21,22)9-8-19(15)10-13/h3-7,10H,8-9H2,1-2H3,(H,17,20). The van der Waals surface area contributed by atoms with Crippen molar-refractivity contribution >= 4 is 27.5 Å². The van der Waals surface area contributed by atoms with Gasteiger partial charge in [0.25, 0.3) is 15.9 Å². The minimum absolute atomic E-state index is 0.0489. The first-order valence-electron chi connectivity index (χ1n) is 7.22. The Morgan fingerprint density at radius 1 is 1.26 bits per heavy atom. The zero-order chi connectivity index (χ0) is 16.6. The number of anilines is 1. The Hall–Kier alpha value is -2.41. The molecule has 0 atom stereocenters. The molecule has 0 saturated heterocycles. The van der Waals surface area contributed by atoms with Gasteiger partial charge in [0.05, 0.1) is 11.3 Å². The van der Waals surface area contributed by atoms with Gasteiger partial charge in [0, 0.05) is 18.4 Å². The summed E-state index contributed by atoms with van der Waals surface area (Å²) in [6, 6.07) is 5.73. The third-order valence-corrected chi connectivity index (χ3v) is 5.10. The number of carbonyl (C=O) groups is 1. The molecule has 0 bridgehead atoms. The fourth-order valence-electron chi connectivity index (χ4n) is 2.42. The van der Waals surface area contributed by atoms with E-state index in [9.17, 15) is 13.2 Å². The molecule has 23 heavy (non-hydrogen) atoms. The van der Waals surface area contributed by atoms with Crippen molar-refractivity contribution in [1.29, 1.82) is 0 Å². The van der Waals surface area contributed by atoms with E-state index in [4.69, 9.17) is 0 Å². The lowest BCUT2D eigenvalue weighted by Crippen LogP contribution is -2.37. The first kappa shape index (κ1) is 15.5. The normalized spacial score (nSPS) is 18.8. The molecule has 0 unspecified atom stereocenters. The highest BCUT2D eigenvalue weighted by molar-refractivity contribution is 7.90. The van der Waals surface area contributed by atoms with Gasteiger partial charge in [0.15, 0.2) is 0 Å². The minimum atomic E-state index is -3.38. The van der Waals surface area contributed by atoms with Crippen LogP contribution in [0.4, 0.5) is 5.69 Å². The molecule has 1 aromatic rings. The highest BCUT2D eigenvalue weighted by atomic mass is 32.2. The van der Waals surface area contributed by atoms with Crippen LogP contribution in [0.3, 0.4) is 0 Å². The van der Waals surface area contributed by atoms with Crippen molar-refractivity contribution in [2.24, 2.45) is 4.40 Å². The summed E-state index contributed by atoms with van der Waals surface area (Å²) in [5.74, 6) is 0.0641. The van der Waals surface area contributed by atoms with Crippen molar-refractivity contribution in [3.05, 3.63) is 53.3 Å². The van der Waals surface area contributed by atoms with Gasteiger partial charge < -0.3 is 10.2 Å². The van der Waals surface area contributed by atoms with Crippen molar-refractivity contribution in [1.82, 2.24) is 4.90 Å². The van der Waals surface area contributed by atoms with Crippen LogP contribution in [-0.4, -0.2) is 37.4 Å². The summed E-state index contributed by atoms with van der Waals surface area (Å²) in [6.07, 6.45) is 4.76. The van der Waals surface area contributed by atoms with E-state index in [1.165, 1.54) is 0 Å². The van der Waals surface area contributed by atoms with Crippen molar-refractivity contribution < 1.29 is 13.2 Å². The third kappa shape index (κ3) is 3.19. The van der Waals surface area contributed by atoms with E-state index in [1.54, 1.807) is 23.3 Å². The van der Waals surface area contributed by atoms with Crippen molar-refractivity contribution in [2.45, 2.75) is 13.8 Å². The summed E-state index contributed by atoms with van der Waals surface area (Å²) >= 11 is 0. The molecule has 3 rings (SSSR count). The Bertz CT molecular complexity index is 867. The van der Waals surface area contributed by atoms with Crippen molar-refractivity contribution in [3.63, 3.8) is 0 Å². The number of hydrogen-bond donors (Lipinski definition) is 1. The minimum Gasteiger partial charge on any atom is -0.330 e. The predicted molar refractivity (Wildman–Crippen MR) is 89.7 cm³/mol. The maximum Gasteiger partial charge on any atom is 0.257 e. The third-order valence-electron chi connectivity index (χ3n) is 3.94. The lowest BCUT2D eigenvalue weighted by molar-refractivity contribution is -0.112. The van der Waals surface area contributed by atoms with E-state index >= 15 is 0 Å². The van der Waals surface area contributed by atoms with Crippen LogP contribution in [0.15, 0.2) is 46.5 Å². The van der Waals surface area contributed by atoms with Gasteiger partial charge in [-0.25, -0.2) is 8.42 Å². The first-order valence-corrected chi connectivity index (χ1v) is 8.83. The van der Waals surface area contributed by atoms with E-state index in [0.29, 0.717) is 18.0 Å². The van der Waals surface area contributed by atoms with Crippen LogP contribution in [0.25, 0.3) is 0 Å². The summed E-state index contributed by atoms with van der Waals surface area (Å²) in [5.41, 5.74) is 3.35. The lowest BCUT2D eigenvalue weighted by Gasteiger charge is -2.27. The Labute approximate surface area is 135 Å². The van der Waals surface area contributed by atoms with Crippen molar-refractivity contribution in [2.75, 3.05) is 17.6 Å². The molecule has 6 nitrogen and oxygen atoms in total. The molecule has 0 fully saturated rings. The molecule has 1 N–H and O–H groups in total. The number of sulfonamides is 1. The number of nitrogens with one attached hydrogen (secondary N) is 1. The van der Waals surface area contributed by atoms with Crippen LogP contribution in [0.2, 0.25) is 0 Å². The van der Waals surface area contributed by atoms with E-state index in [1.807, 2.05) is 32.0 Å². The second-order valence-corrected chi connectivity index (χ2v) is 7.30. The average molecular weight is 331 g/mol. The monoisotopic (exact) mass is 331 g/mol. The van der Waals surface area contributed by atoms with Gasteiger partial charge >= 0.3 is 0 Å². The Kier molecular flexibility index (Phi) is 3.81. The second kappa shape index (κ2) is 5.66. The number of hydrogen-bond acceptors (Lipinski definition) is 4. The molecule has 2 aliphatic rings. The molecule has 120 valence electrons. The molecular weight excluding hydrogens is 314 g/mol. The van der Waals surface area contributed by atoms with Gasteiger partial charge in [-0.3, -0.25) is 4.79 Å². The van der Waals surface area contributed by atoms with E-state index in [2.05, 4.69) is 9.71 Å². The maximum atomic E-state index is 12.4. The summed E-state index contributed by atoms with van der Waals surface area (Å²) < 4.78 is 26.7. The van der Waals surface area contributed by atoms with Gasteiger partial charge in [0.2, 0.25) is 0 Å². The number of carbonyl (C=O) groups excluding carboxylic acids is 1. The second-order valence-electron chi connectivity index (χ2n) is 5.55. The number of aryl methyl sites for hydroxylation is 1. The Morgan fingerprint density at radius 3 is 2.83 bits per heavy atom. The van der Waals surface area contributed by atoms with Gasteiger partial charge in [0.1, 0.15) is 5.84 Å². The van der Waals surface area contributed by atoms with E-state index in [0.717, 1.165) is 16.8 Å². The molecule has 1 aromatic carbocycles. The van der Waals surface area contributed by atoms with Crippen LogP contribution < -0.4 is 5.32 Å². The van der Waals surface area contributed by atoms with Crippen LogP contribution in [0.1, 0.15) is 11.1 Å². The zero-order valence-electron chi connectivity index (χ0n) is 12.9. The molecule has 1 amide bonds. The largest absolute Gasteiger partial charge is 0.330 e. The quantitative estimate of drug-likeness (QED) is 0.895. The molecule has 0 saturated carbocycles. The van der Waals surface area contributed by atoms with E-state index in [-0.39, 0.29) is 11.7 Å². The van der Waals surface area contributed by atoms with Gasteiger partial charge in [-0.1, -0.05) is 12.1 Å². The maximum absolute atomic E-state index is 12.4. The van der Waals surface area contributed by atoms with Crippen LogP contribution in [0, 0.1) is 13.8 Å². The number of amidine groups is 1. The summed E-state index contributed by atoms with van der Waals surface area (Å²) in [4.78, 5) is 14.1. The summed E-state index contributed by atoms with van der Waals surface area (Å²) in [7, 11) is -3.38. The van der Waals surface area contributed by atoms with Crippen LogP contribution in [0.5, 0.6) is 0 Å². The highest BCUT2D eigenvalue weighted by Gasteiger charge is 2.25. The molecular formula is C16H17N3O3S. The lowest BCUT2D eigenvalue weighted by atomic mass is 10.1. The van der Waals surface area contributed by atoms with Crippen LogP contribution in [-0.2, 0) is 14.8 Å². The molecule has 0 spiro atoms. The number of fused-ring (bicyclic) bond motifs is 1. The average Bonchev–Trinajstić information content (AvgIpc) is 2.50. The van der Waals surface area contributed by atoms with Gasteiger partial charge in [-0.2, -0.15) is 0 Å². The molecule has 0 aliphatic carbocycles. The van der Waals surface area contributed by atoms with Crippen molar-refractivity contribution in [3.8, 4) is 0 Å². The fourth-order valence-corrected chi connectivity index (χ4v) is 3.39. The van der Waals surface area contributed by atoms with Gasteiger partial charge in [-0.15, -0.1) is 4.40 Å². The van der Waals surface area contributed by atoms with Crippen LogP contribution >= 0.6 is 0 Å². The first-order chi connectivity index (χ1) is 10.9. The molecule has 7 heteroatoms. The highest BCUT2D eigenvalue weighted by Crippen LogP contribution is 2.21. The molecule has 2 aliphatic heterocycles. The zero-order valence-corrected chi connectivity index (χ0v) is 13.7. The Balaban J connectivity index is 1.81. The van der Waals surface area contributed by atoms with Gasteiger partial charge in [-0.05, 0) is 43.2 Å². The smallest absolute Gasteiger partial charge is 0.257 e. The number of nitrogens with zero attached hydrogens (tertiary/aromatic N) is 2. The van der Waals surface area contributed by atoms with E-state index < -0.39 is 10.0 Å². The summed E-state index contributed by atoms with van der Waals surface area (Å²) in [5, 5.41) is 2.89.